The highest BCUT2D eigenvalue weighted by Gasteiger charge is 2.23. The van der Waals surface area contributed by atoms with Crippen LogP contribution in [0.3, 0.4) is 0 Å². The van der Waals surface area contributed by atoms with Gasteiger partial charge in [0.1, 0.15) is 11.6 Å². The quantitative estimate of drug-likeness (QED) is 0.481. The number of benzene rings is 3. The van der Waals surface area contributed by atoms with Crippen LogP contribution in [0.15, 0.2) is 82.2 Å². The van der Waals surface area contributed by atoms with E-state index < -0.39 is 10.0 Å². The number of amides is 1. The first kappa shape index (κ1) is 24.0. The molecule has 0 unspecified atom stereocenters. The van der Waals surface area contributed by atoms with Crippen molar-refractivity contribution >= 4 is 43.2 Å². The fourth-order valence-electron chi connectivity index (χ4n) is 3.59. The average Bonchev–Trinajstić information content (AvgIpc) is 2.84. The van der Waals surface area contributed by atoms with Crippen LogP contribution in [0, 0.1) is 5.82 Å². The number of anilines is 2. The van der Waals surface area contributed by atoms with Crippen LogP contribution in [0.1, 0.15) is 0 Å². The van der Waals surface area contributed by atoms with Crippen molar-refractivity contribution in [1.29, 1.82) is 0 Å². The monoisotopic (exact) mass is 547 g/mol. The molecule has 1 amide bonds. The first-order chi connectivity index (χ1) is 16.3. The van der Waals surface area contributed by atoms with E-state index in [2.05, 4.69) is 20.7 Å². The molecule has 4 rings (SSSR count). The molecule has 0 aromatic heterocycles. The number of halogens is 2. The molecule has 0 radical (unpaired) electrons. The molecule has 3 aromatic rings. The lowest BCUT2D eigenvalue weighted by Crippen LogP contribution is -2.50. The van der Waals surface area contributed by atoms with E-state index in [-0.39, 0.29) is 23.2 Å². The number of ether oxygens (including phenoxy) is 1. The molecule has 7 nitrogen and oxygen atoms in total. The van der Waals surface area contributed by atoms with Gasteiger partial charge in [0.2, 0.25) is 0 Å². The largest absolute Gasteiger partial charge is 0.484 e. The minimum Gasteiger partial charge on any atom is -0.484 e. The first-order valence-electron chi connectivity index (χ1n) is 10.6. The van der Waals surface area contributed by atoms with Crippen molar-refractivity contribution in [2.75, 3.05) is 42.4 Å². The van der Waals surface area contributed by atoms with Crippen molar-refractivity contribution in [1.82, 2.24) is 4.90 Å². The summed E-state index contributed by atoms with van der Waals surface area (Å²) < 4.78 is 48.0. The van der Waals surface area contributed by atoms with Crippen LogP contribution < -0.4 is 14.4 Å². The standard InChI is InChI=1S/C24H23BrFN3O4S/c25-18-5-7-19(8-6-18)27-34(31,32)21-11-9-20(10-12-21)33-17-24(30)29-15-13-28(14-16-29)23-4-2-1-3-22(23)26/h1-12,27H,13-17H2. The summed E-state index contributed by atoms with van der Waals surface area (Å²) in [5.74, 6) is -0.0640. The Bertz CT molecular complexity index is 1250. The SMILES string of the molecule is O=C(COc1ccc(S(=O)(=O)Nc2ccc(Br)cc2)cc1)N1CCN(c2ccccc2F)CC1. The van der Waals surface area contributed by atoms with Gasteiger partial charge in [-0.1, -0.05) is 28.1 Å². The van der Waals surface area contributed by atoms with Crippen molar-refractivity contribution in [2.45, 2.75) is 4.90 Å². The van der Waals surface area contributed by atoms with Gasteiger partial charge in [0, 0.05) is 36.3 Å². The van der Waals surface area contributed by atoms with E-state index in [0.717, 1.165) is 4.47 Å². The van der Waals surface area contributed by atoms with Crippen molar-refractivity contribution in [3.05, 3.63) is 83.1 Å². The van der Waals surface area contributed by atoms with Gasteiger partial charge < -0.3 is 14.5 Å². The summed E-state index contributed by atoms with van der Waals surface area (Å²) in [6, 6.07) is 19.3. The van der Waals surface area contributed by atoms with Crippen molar-refractivity contribution in [2.24, 2.45) is 0 Å². The minimum atomic E-state index is -3.75. The van der Waals surface area contributed by atoms with Gasteiger partial charge in [-0.05, 0) is 60.7 Å². The molecule has 10 heteroatoms. The number of rotatable bonds is 7. The van der Waals surface area contributed by atoms with Crippen molar-refractivity contribution < 1.29 is 22.3 Å². The molecule has 3 aromatic carbocycles. The van der Waals surface area contributed by atoms with Crippen LogP contribution in [0.25, 0.3) is 0 Å². The molecule has 0 spiro atoms. The maximum atomic E-state index is 14.0. The van der Waals surface area contributed by atoms with E-state index >= 15 is 0 Å². The fraction of sp³-hybridized carbons (Fsp3) is 0.208. The summed E-state index contributed by atoms with van der Waals surface area (Å²) in [7, 11) is -3.75. The van der Waals surface area contributed by atoms with Crippen LogP contribution in [-0.4, -0.2) is 52.0 Å². The Morgan fingerprint density at radius 1 is 0.941 bits per heavy atom. The summed E-state index contributed by atoms with van der Waals surface area (Å²) in [5.41, 5.74) is 0.986. The van der Waals surface area contributed by atoms with E-state index in [9.17, 15) is 17.6 Å². The average molecular weight is 548 g/mol. The van der Waals surface area contributed by atoms with E-state index in [1.807, 2.05) is 4.90 Å². The summed E-state index contributed by atoms with van der Waals surface area (Å²) in [6.07, 6.45) is 0. The van der Waals surface area contributed by atoms with Gasteiger partial charge in [-0.2, -0.15) is 0 Å². The number of carbonyl (C=O) groups is 1. The Morgan fingerprint density at radius 3 is 2.24 bits per heavy atom. The van der Waals surface area contributed by atoms with Crippen molar-refractivity contribution in [3.8, 4) is 5.75 Å². The number of hydrogen-bond acceptors (Lipinski definition) is 5. The molecule has 0 bridgehead atoms. The third kappa shape index (κ3) is 5.87. The van der Waals surface area contributed by atoms with Gasteiger partial charge in [-0.3, -0.25) is 9.52 Å². The molecule has 1 fully saturated rings. The second kappa shape index (κ2) is 10.4. The van der Waals surface area contributed by atoms with Crippen LogP contribution in [-0.2, 0) is 14.8 Å². The Kier molecular flexibility index (Phi) is 7.38. The van der Waals surface area contributed by atoms with Gasteiger partial charge >= 0.3 is 0 Å². The Balaban J connectivity index is 1.28. The maximum absolute atomic E-state index is 14.0. The molecular formula is C24H23BrFN3O4S. The number of carbonyl (C=O) groups excluding carboxylic acids is 1. The zero-order chi connectivity index (χ0) is 24.1. The molecule has 1 heterocycles. The Morgan fingerprint density at radius 2 is 1.59 bits per heavy atom. The van der Waals surface area contributed by atoms with E-state index in [1.165, 1.54) is 30.3 Å². The van der Waals surface area contributed by atoms with Gasteiger partial charge in [0.25, 0.3) is 15.9 Å². The van der Waals surface area contributed by atoms with Gasteiger partial charge in [0.15, 0.2) is 6.61 Å². The van der Waals surface area contributed by atoms with E-state index in [1.54, 1.807) is 47.4 Å². The van der Waals surface area contributed by atoms with Crippen LogP contribution >= 0.6 is 15.9 Å². The number of nitrogens with one attached hydrogen (secondary N) is 1. The maximum Gasteiger partial charge on any atom is 0.261 e. The zero-order valence-electron chi connectivity index (χ0n) is 18.2. The summed E-state index contributed by atoms with van der Waals surface area (Å²) >= 11 is 3.31. The lowest BCUT2D eigenvalue weighted by molar-refractivity contribution is -0.133. The zero-order valence-corrected chi connectivity index (χ0v) is 20.6. The second-order valence-electron chi connectivity index (χ2n) is 7.69. The molecule has 34 heavy (non-hydrogen) atoms. The lowest BCUT2D eigenvalue weighted by Gasteiger charge is -2.36. The smallest absolute Gasteiger partial charge is 0.261 e. The number of hydrogen-bond donors (Lipinski definition) is 1. The van der Waals surface area contributed by atoms with E-state index in [0.29, 0.717) is 43.3 Å². The summed E-state index contributed by atoms with van der Waals surface area (Å²) in [6.45, 7) is 1.84. The van der Waals surface area contributed by atoms with Crippen molar-refractivity contribution in [3.63, 3.8) is 0 Å². The molecule has 0 atom stereocenters. The molecular weight excluding hydrogens is 525 g/mol. The molecule has 1 N–H and O–H groups in total. The van der Waals surface area contributed by atoms with Gasteiger partial charge in [-0.15, -0.1) is 0 Å². The van der Waals surface area contributed by atoms with Gasteiger partial charge in [0.05, 0.1) is 10.6 Å². The predicted octanol–water partition coefficient (Wildman–Crippen LogP) is 4.12. The number of nitrogens with zero attached hydrogens (tertiary/aromatic N) is 2. The number of sulfonamides is 1. The summed E-state index contributed by atoms with van der Waals surface area (Å²) in [5, 5.41) is 0. The highest BCUT2D eigenvalue weighted by atomic mass is 79.9. The third-order valence-electron chi connectivity index (χ3n) is 5.42. The third-order valence-corrected chi connectivity index (χ3v) is 7.34. The predicted molar refractivity (Wildman–Crippen MR) is 132 cm³/mol. The van der Waals surface area contributed by atoms with Crippen LogP contribution in [0.4, 0.5) is 15.8 Å². The molecule has 1 saturated heterocycles. The minimum absolute atomic E-state index is 0.0818. The summed E-state index contributed by atoms with van der Waals surface area (Å²) in [4.78, 5) is 16.2. The number of piperazine rings is 1. The second-order valence-corrected chi connectivity index (χ2v) is 10.3. The highest BCUT2D eigenvalue weighted by Crippen LogP contribution is 2.22. The first-order valence-corrected chi connectivity index (χ1v) is 12.9. The van der Waals surface area contributed by atoms with Crippen LogP contribution in [0.5, 0.6) is 5.75 Å². The van der Waals surface area contributed by atoms with E-state index in [4.69, 9.17) is 4.74 Å². The molecule has 1 aliphatic heterocycles. The van der Waals surface area contributed by atoms with Gasteiger partial charge in [-0.25, -0.2) is 12.8 Å². The normalized spacial score (nSPS) is 14.1. The Hall–Kier alpha value is -3.11. The molecule has 0 aliphatic carbocycles. The number of para-hydroxylation sites is 1. The topological polar surface area (TPSA) is 78.9 Å². The lowest BCUT2D eigenvalue weighted by atomic mass is 10.2. The van der Waals surface area contributed by atoms with Crippen LogP contribution in [0.2, 0.25) is 0 Å². The Labute approximate surface area is 206 Å². The molecule has 0 saturated carbocycles. The molecule has 1 aliphatic rings. The molecule has 178 valence electrons. The fourth-order valence-corrected chi connectivity index (χ4v) is 4.91. The highest BCUT2D eigenvalue weighted by molar-refractivity contribution is 9.10.